The van der Waals surface area contributed by atoms with E-state index in [1.165, 1.54) is 6.42 Å². The topological polar surface area (TPSA) is 48.4 Å². The van der Waals surface area contributed by atoms with Crippen molar-refractivity contribution in [1.82, 2.24) is 9.88 Å². The quantitative estimate of drug-likeness (QED) is 0.839. The molecular weight excluding hydrogens is 250 g/mol. The largest absolute Gasteiger partial charge is 0.391 e. The number of anilines is 1. The van der Waals surface area contributed by atoms with Crippen molar-refractivity contribution in [3.8, 4) is 0 Å². The molecule has 4 nitrogen and oxygen atoms in total. The summed E-state index contributed by atoms with van der Waals surface area (Å²) in [4.78, 5) is 6.69. The van der Waals surface area contributed by atoms with Crippen LogP contribution in [0.3, 0.4) is 0 Å². The monoisotopic (exact) mass is 277 g/mol. The summed E-state index contributed by atoms with van der Waals surface area (Å²) in [6.45, 7) is 3.94. The minimum atomic E-state index is -0.185. The van der Waals surface area contributed by atoms with E-state index in [0.717, 1.165) is 50.2 Å². The molecule has 1 heterocycles. The molecule has 1 aromatic heterocycles. The fourth-order valence-electron chi connectivity index (χ4n) is 2.92. The minimum absolute atomic E-state index is 0.185. The molecule has 2 rings (SSSR count). The molecule has 2 atom stereocenters. The lowest BCUT2D eigenvalue weighted by atomic mass is 9.91. The van der Waals surface area contributed by atoms with Gasteiger partial charge in [-0.15, -0.1) is 0 Å². The summed E-state index contributed by atoms with van der Waals surface area (Å²) in [6, 6.07) is 4.40. The number of rotatable bonds is 6. The maximum absolute atomic E-state index is 10.1. The van der Waals surface area contributed by atoms with E-state index in [4.69, 9.17) is 0 Å². The van der Waals surface area contributed by atoms with Gasteiger partial charge >= 0.3 is 0 Å². The Morgan fingerprint density at radius 1 is 1.40 bits per heavy atom. The van der Waals surface area contributed by atoms with Gasteiger partial charge in [0.1, 0.15) is 0 Å². The van der Waals surface area contributed by atoms with Crippen LogP contribution < -0.4 is 5.32 Å². The Bertz CT molecular complexity index is 410. The highest BCUT2D eigenvalue weighted by Gasteiger charge is 2.26. The van der Waals surface area contributed by atoms with E-state index in [1.807, 2.05) is 12.3 Å². The highest BCUT2D eigenvalue weighted by molar-refractivity contribution is 5.43. The van der Waals surface area contributed by atoms with E-state index in [-0.39, 0.29) is 12.1 Å². The third kappa shape index (κ3) is 4.18. The number of aromatic nitrogens is 1. The van der Waals surface area contributed by atoms with Gasteiger partial charge in [-0.1, -0.05) is 19.8 Å². The summed E-state index contributed by atoms with van der Waals surface area (Å²) in [5, 5.41) is 13.5. The second kappa shape index (κ2) is 7.60. The molecule has 1 fully saturated rings. The predicted octanol–water partition coefficient (Wildman–Crippen LogP) is 2.64. The summed E-state index contributed by atoms with van der Waals surface area (Å²) in [5.74, 6) is 0. The van der Waals surface area contributed by atoms with Gasteiger partial charge in [0.05, 0.1) is 11.8 Å². The van der Waals surface area contributed by atoms with Crippen molar-refractivity contribution < 1.29 is 5.11 Å². The van der Waals surface area contributed by atoms with E-state index >= 15 is 0 Å². The van der Waals surface area contributed by atoms with Crippen LogP contribution in [0.2, 0.25) is 0 Å². The Balaban J connectivity index is 1.94. The number of aliphatic hydroxyl groups excluding tert-OH is 1. The summed E-state index contributed by atoms with van der Waals surface area (Å²) in [5.41, 5.74) is 2.20. The SMILES string of the molecule is CCCNc1ccnc(CN(C)C2CCCCC2O)c1. The second-order valence-electron chi connectivity index (χ2n) is 5.80. The first-order valence-corrected chi connectivity index (χ1v) is 7.78. The van der Waals surface area contributed by atoms with Gasteiger partial charge in [-0.05, 0) is 38.4 Å². The molecule has 0 aromatic carbocycles. The molecule has 1 aromatic rings. The van der Waals surface area contributed by atoms with Gasteiger partial charge in [0.25, 0.3) is 0 Å². The van der Waals surface area contributed by atoms with Crippen molar-refractivity contribution >= 4 is 5.69 Å². The average molecular weight is 277 g/mol. The van der Waals surface area contributed by atoms with Gasteiger partial charge in [0.15, 0.2) is 0 Å². The molecule has 0 saturated heterocycles. The first-order chi connectivity index (χ1) is 9.70. The Morgan fingerprint density at radius 3 is 2.95 bits per heavy atom. The van der Waals surface area contributed by atoms with Gasteiger partial charge in [-0.2, -0.15) is 0 Å². The second-order valence-corrected chi connectivity index (χ2v) is 5.80. The Hall–Kier alpha value is -1.13. The van der Waals surface area contributed by atoms with Crippen molar-refractivity contribution in [3.05, 3.63) is 24.0 Å². The number of nitrogens with one attached hydrogen (secondary N) is 1. The highest BCUT2D eigenvalue weighted by atomic mass is 16.3. The van der Waals surface area contributed by atoms with Crippen LogP contribution in [0.25, 0.3) is 0 Å². The molecule has 1 aliphatic rings. The first-order valence-electron chi connectivity index (χ1n) is 7.78. The molecule has 4 heteroatoms. The lowest BCUT2D eigenvalue weighted by molar-refractivity contribution is 0.0283. The van der Waals surface area contributed by atoms with Crippen LogP contribution in [0.1, 0.15) is 44.7 Å². The third-order valence-corrected chi connectivity index (χ3v) is 4.07. The normalized spacial score (nSPS) is 23.0. The molecule has 112 valence electrons. The lowest BCUT2D eigenvalue weighted by Crippen LogP contribution is -2.43. The third-order valence-electron chi connectivity index (χ3n) is 4.07. The molecule has 2 unspecified atom stereocenters. The van der Waals surface area contributed by atoms with Crippen molar-refractivity contribution in [3.63, 3.8) is 0 Å². The average Bonchev–Trinajstić information content (AvgIpc) is 2.46. The molecule has 0 bridgehead atoms. The molecule has 1 saturated carbocycles. The summed E-state index contributed by atoms with van der Waals surface area (Å²) < 4.78 is 0. The lowest BCUT2D eigenvalue weighted by Gasteiger charge is -2.35. The molecule has 1 aliphatic carbocycles. The van der Waals surface area contributed by atoms with Gasteiger partial charge < -0.3 is 10.4 Å². The number of hydrogen-bond acceptors (Lipinski definition) is 4. The zero-order valence-electron chi connectivity index (χ0n) is 12.7. The van der Waals surface area contributed by atoms with Gasteiger partial charge in [0.2, 0.25) is 0 Å². The van der Waals surface area contributed by atoms with Crippen LogP contribution in [-0.4, -0.2) is 40.7 Å². The van der Waals surface area contributed by atoms with Crippen LogP contribution in [0.4, 0.5) is 5.69 Å². The number of nitrogens with zero attached hydrogens (tertiary/aromatic N) is 2. The molecule has 20 heavy (non-hydrogen) atoms. The van der Waals surface area contributed by atoms with Crippen molar-refractivity contribution in [2.75, 3.05) is 18.9 Å². The first kappa shape index (κ1) is 15.3. The van der Waals surface area contributed by atoms with E-state index < -0.39 is 0 Å². The van der Waals surface area contributed by atoms with Crippen LogP contribution in [0, 0.1) is 0 Å². The van der Waals surface area contributed by atoms with Crippen LogP contribution in [0.5, 0.6) is 0 Å². The molecule has 0 radical (unpaired) electrons. The Labute approximate surface area is 122 Å². The molecule has 2 N–H and O–H groups in total. The number of hydrogen-bond donors (Lipinski definition) is 2. The zero-order valence-corrected chi connectivity index (χ0v) is 12.7. The van der Waals surface area contributed by atoms with Crippen molar-refractivity contribution in [1.29, 1.82) is 0 Å². The van der Waals surface area contributed by atoms with E-state index in [0.29, 0.717) is 0 Å². The van der Waals surface area contributed by atoms with E-state index in [9.17, 15) is 5.11 Å². The number of pyridine rings is 1. The number of likely N-dealkylation sites (N-methyl/N-ethyl adjacent to an activating group) is 1. The van der Waals surface area contributed by atoms with Gasteiger partial charge in [-0.3, -0.25) is 9.88 Å². The standard InChI is InChI=1S/C16H27N3O/c1-3-9-17-13-8-10-18-14(11-13)12-19(2)15-6-4-5-7-16(15)20/h8,10-11,15-16,20H,3-7,9,12H2,1-2H3,(H,17,18). The van der Waals surface area contributed by atoms with E-state index in [1.54, 1.807) is 0 Å². The maximum atomic E-state index is 10.1. The number of aliphatic hydroxyl groups is 1. The maximum Gasteiger partial charge on any atom is 0.0695 e. The Kier molecular flexibility index (Phi) is 5.80. The van der Waals surface area contributed by atoms with Gasteiger partial charge in [-0.25, -0.2) is 0 Å². The van der Waals surface area contributed by atoms with Crippen molar-refractivity contribution in [2.24, 2.45) is 0 Å². The van der Waals surface area contributed by atoms with Gasteiger partial charge in [0, 0.05) is 31.0 Å². The summed E-state index contributed by atoms with van der Waals surface area (Å²) in [6.07, 6.45) is 7.18. The summed E-state index contributed by atoms with van der Waals surface area (Å²) in [7, 11) is 2.09. The zero-order chi connectivity index (χ0) is 14.4. The molecule has 0 spiro atoms. The van der Waals surface area contributed by atoms with Crippen LogP contribution in [-0.2, 0) is 6.54 Å². The highest BCUT2D eigenvalue weighted by Crippen LogP contribution is 2.23. The minimum Gasteiger partial charge on any atom is -0.391 e. The molecule has 0 amide bonds. The fraction of sp³-hybridized carbons (Fsp3) is 0.688. The molecule has 0 aliphatic heterocycles. The fourth-order valence-corrected chi connectivity index (χ4v) is 2.92. The predicted molar refractivity (Wildman–Crippen MR) is 82.7 cm³/mol. The van der Waals surface area contributed by atoms with Crippen molar-refractivity contribution in [2.45, 2.75) is 57.7 Å². The Morgan fingerprint density at radius 2 is 2.20 bits per heavy atom. The van der Waals surface area contributed by atoms with E-state index in [2.05, 4.69) is 35.2 Å². The summed E-state index contributed by atoms with van der Waals surface area (Å²) >= 11 is 0. The molecular formula is C16H27N3O. The smallest absolute Gasteiger partial charge is 0.0695 e. The van der Waals surface area contributed by atoms with Crippen LogP contribution >= 0.6 is 0 Å². The van der Waals surface area contributed by atoms with Crippen LogP contribution in [0.15, 0.2) is 18.3 Å².